The fraction of sp³-hybridized carbons (Fsp3) is 0.533. The van der Waals surface area contributed by atoms with E-state index in [1.165, 1.54) is 0 Å². The molecule has 0 unspecified atom stereocenters. The molecule has 4 nitrogen and oxygen atoms in total. The molecule has 0 N–H and O–H groups in total. The highest BCUT2D eigenvalue weighted by Gasteiger charge is 2.16. The molecule has 1 amide bonds. The number of benzene rings is 1. The minimum atomic E-state index is 0.171. The second kappa shape index (κ2) is 7.50. The topological polar surface area (TPSA) is 32.8 Å². The maximum absolute atomic E-state index is 11.4. The quantitative estimate of drug-likeness (QED) is 0.854. The van der Waals surface area contributed by atoms with Crippen LogP contribution in [0.2, 0.25) is 5.02 Å². The lowest BCUT2D eigenvalue weighted by molar-refractivity contribution is -0.128. The van der Waals surface area contributed by atoms with Crippen LogP contribution < -0.4 is 4.74 Å². The van der Waals surface area contributed by atoms with Gasteiger partial charge >= 0.3 is 0 Å². The SMILES string of the molecule is CC(=O)N1CCCN(CCOc2ccc(Cl)cc2)CC1. The lowest BCUT2D eigenvalue weighted by Crippen LogP contribution is -2.35. The van der Waals surface area contributed by atoms with Gasteiger partial charge in [0.05, 0.1) is 0 Å². The van der Waals surface area contributed by atoms with Crippen molar-refractivity contribution in [3.63, 3.8) is 0 Å². The molecular weight excluding hydrogens is 276 g/mol. The molecule has 1 aliphatic rings. The Hall–Kier alpha value is -1.26. The summed E-state index contributed by atoms with van der Waals surface area (Å²) in [7, 11) is 0. The predicted molar refractivity (Wildman–Crippen MR) is 80.3 cm³/mol. The van der Waals surface area contributed by atoms with Gasteiger partial charge in [0.25, 0.3) is 0 Å². The van der Waals surface area contributed by atoms with Gasteiger partial charge in [0.1, 0.15) is 12.4 Å². The Morgan fingerprint density at radius 1 is 1.20 bits per heavy atom. The minimum Gasteiger partial charge on any atom is -0.492 e. The van der Waals surface area contributed by atoms with E-state index in [1.54, 1.807) is 6.92 Å². The average molecular weight is 297 g/mol. The molecule has 0 aromatic heterocycles. The molecule has 1 aliphatic heterocycles. The van der Waals surface area contributed by atoms with Gasteiger partial charge in [-0.2, -0.15) is 0 Å². The van der Waals surface area contributed by atoms with Crippen LogP contribution in [0.5, 0.6) is 5.75 Å². The zero-order chi connectivity index (χ0) is 14.4. The van der Waals surface area contributed by atoms with E-state index in [1.807, 2.05) is 29.2 Å². The first-order valence-electron chi connectivity index (χ1n) is 7.01. The zero-order valence-corrected chi connectivity index (χ0v) is 12.6. The van der Waals surface area contributed by atoms with Crippen LogP contribution in [-0.2, 0) is 4.79 Å². The maximum atomic E-state index is 11.4. The van der Waals surface area contributed by atoms with Gasteiger partial charge in [0, 0.05) is 44.7 Å². The Balaban J connectivity index is 1.71. The smallest absolute Gasteiger partial charge is 0.219 e. The number of carbonyl (C=O) groups excluding carboxylic acids is 1. The molecule has 20 heavy (non-hydrogen) atoms. The minimum absolute atomic E-state index is 0.171. The summed E-state index contributed by atoms with van der Waals surface area (Å²) >= 11 is 5.83. The summed E-state index contributed by atoms with van der Waals surface area (Å²) in [5.41, 5.74) is 0. The molecule has 1 aromatic rings. The first kappa shape index (κ1) is 15.1. The summed E-state index contributed by atoms with van der Waals surface area (Å²) in [5.74, 6) is 1.01. The van der Waals surface area contributed by atoms with Crippen molar-refractivity contribution in [1.82, 2.24) is 9.80 Å². The molecular formula is C15H21ClN2O2. The van der Waals surface area contributed by atoms with Gasteiger partial charge in [-0.15, -0.1) is 0 Å². The maximum Gasteiger partial charge on any atom is 0.219 e. The van der Waals surface area contributed by atoms with E-state index in [0.29, 0.717) is 11.6 Å². The third kappa shape index (κ3) is 4.69. The van der Waals surface area contributed by atoms with Crippen LogP contribution in [0, 0.1) is 0 Å². The Kier molecular flexibility index (Phi) is 5.68. The third-order valence-corrected chi connectivity index (χ3v) is 3.78. The number of hydrogen-bond acceptors (Lipinski definition) is 3. The van der Waals surface area contributed by atoms with Crippen molar-refractivity contribution in [2.24, 2.45) is 0 Å². The molecule has 1 heterocycles. The van der Waals surface area contributed by atoms with Crippen molar-refractivity contribution in [2.45, 2.75) is 13.3 Å². The van der Waals surface area contributed by atoms with Gasteiger partial charge < -0.3 is 9.64 Å². The van der Waals surface area contributed by atoms with Crippen LogP contribution in [0.15, 0.2) is 24.3 Å². The Morgan fingerprint density at radius 2 is 1.95 bits per heavy atom. The summed E-state index contributed by atoms with van der Waals surface area (Å²) in [6.45, 7) is 6.80. The van der Waals surface area contributed by atoms with Crippen LogP contribution in [0.1, 0.15) is 13.3 Å². The fourth-order valence-electron chi connectivity index (χ4n) is 2.33. The van der Waals surface area contributed by atoms with Crippen molar-refractivity contribution in [3.8, 4) is 5.75 Å². The van der Waals surface area contributed by atoms with E-state index in [4.69, 9.17) is 16.3 Å². The van der Waals surface area contributed by atoms with Crippen molar-refractivity contribution in [3.05, 3.63) is 29.3 Å². The normalized spacial score (nSPS) is 16.8. The van der Waals surface area contributed by atoms with Gasteiger partial charge in [0.2, 0.25) is 5.91 Å². The van der Waals surface area contributed by atoms with E-state index in [-0.39, 0.29) is 5.91 Å². The second-order valence-corrected chi connectivity index (χ2v) is 5.44. The largest absolute Gasteiger partial charge is 0.492 e. The van der Waals surface area contributed by atoms with Crippen molar-refractivity contribution in [2.75, 3.05) is 39.3 Å². The van der Waals surface area contributed by atoms with E-state index in [0.717, 1.165) is 44.9 Å². The highest BCUT2D eigenvalue weighted by molar-refractivity contribution is 6.30. The van der Waals surface area contributed by atoms with Crippen LogP contribution in [0.25, 0.3) is 0 Å². The van der Waals surface area contributed by atoms with E-state index in [2.05, 4.69) is 4.90 Å². The molecule has 0 spiro atoms. The fourth-order valence-corrected chi connectivity index (χ4v) is 2.46. The summed E-state index contributed by atoms with van der Waals surface area (Å²) in [5, 5.41) is 0.717. The molecule has 5 heteroatoms. The average Bonchev–Trinajstić information content (AvgIpc) is 2.67. The number of carbonyl (C=O) groups is 1. The molecule has 0 radical (unpaired) electrons. The summed E-state index contributed by atoms with van der Waals surface area (Å²) in [4.78, 5) is 15.6. The number of halogens is 1. The Labute approximate surface area is 125 Å². The van der Waals surface area contributed by atoms with E-state index < -0.39 is 0 Å². The van der Waals surface area contributed by atoms with Crippen LogP contribution >= 0.6 is 11.6 Å². The second-order valence-electron chi connectivity index (χ2n) is 5.00. The first-order valence-corrected chi connectivity index (χ1v) is 7.39. The summed E-state index contributed by atoms with van der Waals surface area (Å²) < 4.78 is 5.70. The lowest BCUT2D eigenvalue weighted by atomic mass is 10.3. The number of rotatable bonds is 4. The van der Waals surface area contributed by atoms with E-state index >= 15 is 0 Å². The number of amides is 1. The van der Waals surface area contributed by atoms with Crippen LogP contribution in [0.3, 0.4) is 0 Å². The van der Waals surface area contributed by atoms with Gasteiger partial charge in [-0.05, 0) is 30.7 Å². The summed E-state index contributed by atoms with van der Waals surface area (Å²) in [6.07, 6.45) is 1.03. The Bertz CT molecular complexity index is 436. The molecule has 2 rings (SSSR count). The standard InChI is InChI=1S/C15H21ClN2O2/c1-13(19)18-8-2-7-17(9-10-18)11-12-20-15-5-3-14(16)4-6-15/h3-6H,2,7-12H2,1H3. The van der Waals surface area contributed by atoms with Crippen molar-refractivity contribution in [1.29, 1.82) is 0 Å². The molecule has 0 aliphatic carbocycles. The van der Waals surface area contributed by atoms with Gasteiger partial charge in [-0.25, -0.2) is 0 Å². The number of ether oxygens (including phenoxy) is 1. The lowest BCUT2D eigenvalue weighted by Gasteiger charge is -2.21. The van der Waals surface area contributed by atoms with Crippen molar-refractivity contribution >= 4 is 17.5 Å². The molecule has 0 atom stereocenters. The molecule has 1 fully saturated rings. The van der Waals surface area contributed by atoms with Gasteiger partial charge in [-0.1, -0.05) is 11.6 Å². The molecule has 0 bridgehead atoms. The monoisotopic (exact) mass is 296 g/mol. The molecule has 0 saturated carbocycles. The molecule has 110 valence electrons. The molecule has 1 aromatic carbocycles. The summed E-state index contributed by atoms with van der Waals surface area (Å²) in [6, 6.07) is 7.41. The Morgan fingerprint density at radius 3 is 2.65 bits per heavy atom. The van der Waals surface area contributed by atoms with Crippen LogP contribution in [-0.4, -0.2) is 55.0 Å². The molecule has 1 saturated heterocycles. The van der Waals surface area contributed by atoms with E-state index in [9.17, 15) is 4.79 Å². The highest BCUT2D eigenvalue weighted by Crippen LogP contribution is 2.15. The first-order chi connectivity index (χ1) is 9.65. The predicted octanol–water partition coefficient (Wildman–Crippen LogP) is 2.27. The van der Waals surface area contributed by atoms with Gasteiger partial charge in [0.15, 0.2) is 0 Å². The van der Waals surface area contributed by atoms with Crippen molar-refractivity contribution < 1.29 is 9.53 Å². The third-order valence-electron chi connectivity index (χ3n) is 3.52. The number of nitrogens with zero attached hydrogens (tertiary/aromatic N) is 2. The van der Waals surface area contributed by atoms with Gasteiger partial charge in [-0.3, -0.25) is 9.69 Å². The zero-order valence-electron chi connectivity index (χ0n) is 11.8. The van der Waals surface area contributed by atoms with Crippen LogP contribution in [0.4, 0.5) is 0 Å². The number of hydrogen-bond donors (Lipinski definition) is 0. The highest BCUT2D eigenvalue weighted by atomic mass is 35.5.